The van der Waals surface area contributed by atoms with Crippen LogP contribution in [0.3, 0.4) is 0 Å². The fourth-order valence-corrected chi connectivity index (χ4v) is 4.06. The van der Waals surface area contributed by atoms with E-state index in [1.54, 1.807) is 12.1 Å². The number of rotatable bonds is 10. The minimum absolute atomic E-state index is 0.0337. The lowest BCUT2D eigenvalue weighted by Crippen LogP contribution is -2.42. The first-order chi connectivity index (χ1) is 15.4. The molecule has 1 atom stereocenters. The number of carbonyl (C=O) groups excluding carboxylic acids is 1. The van der Waals surface area contributed by atoms with Crippen LogP contribution >= 0.6 is 0 Å². The average molecular weight is 445 g/mol. The zero-order valence-electron chi connectivity index (χ0n) is 18.9. The molecule has 1 fully saturated rings. The van der Waals surface area contributed by atoms with Crippen LogP contribution in [0, 0.1) is 11.7 Å². The van der Waals surface area contributed by atoms with Crippen molar-refractivity contribution in [2.75, 3.05) is 40.4 Å². The summed E-state index contributed by atoms with van der Waals surface area (Å²) in [6.45, 7) is 3.72. The number of piperidine rings is 1. The summed E-state index contributed by atoms with van der Waals surface area (Å²) in [5, 5.41) is 10.4. The lowest BCUT2D eigenvalue weighted by atomic mass is 9.97. The van der Waals surface area contributed by atoms with E-state index in [4.69, 9.17) is 9.47 Å². The van der Waals surface area contributed by atoms with Crippen LogP contribution in [0.2, 0.25) is 0 Å². The summed E-state index contributed by atoms with van der Waals surface area (Å²) in [5.74, 6) is 0.320. The molecule has 1 N–H and O–H groups in total. The molecule has 32 heavy (non-hydrogen) atoms. The summed E-state index contributed by atoms with van der Waals surface area (Å²) in [6.07, 6.45) is 0.913. The molecule has 1 aliphatic rings. The van der Waals surface area contributed by atoms with Crippen molar-refractivity contribution in [2.24, 2.45) is 5.92 Å². The van der Waals surface area contributed by atoms with Crippen LogP contribution < -0.4 is 4.74 Å². The van der Waals surface area contributed by atoms with Crippen molar-refractivity contribution in [1.82, 2.24) is 9.80 Å². The first kappa shape index (κ1) is 24.2. The van der Waals surface area contributed by atoms with E-state index in [1.807, 2.05) is 31.3 Å². The molecular weight excluding hydrogens is 411 g/mol. The van der Waals surface area contributed by atoms with Gasteiger partial charge < -0.3 is 19.5 Å². The largest absolute Gasteiger partial charge is 0.491 e. The van der Waals surface area contributed by atoms with Crippen molar-refractivity contribution >= 4 is 5.97 Å². The van der Waals surface area contributed by atoms with Crippen LogP contribution in [0.4, 0.5) is 4.39 Å². The summed E-state index contributed by atoms with van der Waals surface area (Å²) < 4.78 is 23.7. The molecule has 0 amide bonds. The molecule has 0 aliphatic carbocycles. The van der Waals surface area contributed by atoms with Crippen molar-refractivity contribution in [2.45, 2.75) is 32.0 Å². The van der Waals surface area contributed by atoms with Gasteiger partial charge >= 0.3 is 5.97 Å². The van der Waals surface area contributed by atoms with Gasteiger partial charge in [-0.1, -0.05) is 24.3 Å². The fraction of sp³-hybridized carbons (Fsp3) is 0.480. The van der Waals surface area contributed by atoms with Crippen molar-refractivity contribution in [3.05, 3.63) is 65.5 Å². The monoisotopic (exact) mass is 444 g/mol. The van der Waals surface area contributed by atoms with Crippen molar-refractivity contribution in [3.63, 3.8) is 0 Å². The number of benzene rings is 2. The van der Waals surface area contributed by atoms with Crippen LogP contribution in [-0.2, 0) is 22.6 Å². The molecule has 174 valence electrons. The number of hydrogen-bond acceptors (Lipinski definition) is 6. The SMILES string of the molecule is COC(=O)C1CCN(C[C@@H](O)COc2cccc(CN(C)Cc3ccc(F)cc3)c2)CC1. The van der Waals surface area contributed by atoms with Gasteiger partial charge in [0.2, 0.25) is 0 Å². The Balaban J connectivity index is 1.41. The summed E-state index contributed by atoms with van der Waals surface area (Å²) >= 11 is 0. The molecule has 0 spiro atoms. The molecule has 1 aliphatic heterocycles. The zero-order chi connectivity index (χ0) is 22.9. The second-order valence-corrected chi connectivity index (χ2v) is 8.51. The van der Waals surface area contributed by atoms with Crippen molar-refractivity contribution in [3.8, 4) is 5.75 Å². The number of β-amino-alcohol motifs (C(OH)–C–C–N with tert-alkyl or cyclic N) is 1. The maximum Gasteiger partial charge on any atom is 0.308 e. The number of carbonyl (C=O) groups is 1. The third kappa shape index (κ3) is 7.58. The Morgan fingerprint density at radius 1 is 1.16 bits per heavy atom. The first-order valence-electron chi connectivity index (χ1n) is 11.1. The average Bonchev–Trinajstić information content (AvgIpc) is 2.79. The Labute approximate surface area is 189 Å². The molecule has 3 rings (SSSR count). The van der Waals surface area contributed by atoms with Gasteiger partial charge in [-0.25, -0.2) is 4.39 Å². The highest BCUT2D eigenvalue weighted by Gasteiger charge is 2.26. The molecule has 6 nitrogen and oxygen atoms in total. The number of likely N-dealkylation sites (tertiary alicyclic amines) is 1. The predicted molar refractivity (Wildman–Crippen MR) is 121 cm³/mol. The number of aliphatic hydroxyl groups is 1. The minimum atomic E-state index is -0.602. The smallest absolute Gasteiger partial charge is 0.308 e. The van der Waals surface area contributed by atoms with Gasteiger partial charge in [-0.3, -0.25) is 9.69 Å². The van der Waals surface area contributed by atoms with Crippen molar-refractivity contribution < 1.29 is 23.8 Å². The number of esters is 1. The Hall–Kier alpha value is -2.48. The zero-order valence-corrected chi connectivity index (χ0v) is 18.9. The number of aliphatic hydroxyl groups excluding tert-OH is 1. The number of ether oxygens (including phenoxy) is 2. The summed E-state index contributed by atoms with van der Waals surface area (Å²) in [4.78, 5) is 15.9. The highest BCUT2D eigenvalue weighted by atomic mass is 19.1. The van der Waals surface area contributed by atoms with E-state index in [9.17, 15) is 14.3 Å². The third-order valence-corrected chi connectivity index (χ3v) is 5.75. The highest BCUT2D eigenvalue weighted by Crippen LogP contribution is 2.19. The van der Waals surface area contributed by atoms with Gasteiger partial charge in [-0.2, -0.15) is 0 Å². The molecule has 0 bridgehead atoms. The van der Waals surface area contributed by atoms with Crippen LogP contribution in [0.15, 0.2) is 48.5 Å². The van der Waals surface area contributed by atoms with Gasteiger partial charge in [0.25, 0.3) is 0 Å². The van der Waals surface area contributed by atoms with Crippen LogP contribution in [0.25, 0.3) is 0 Å². The molecule has 0 radical (unpaired) electrons. The van der Waals surface area contributed by atoms with Gasteiger partial charge in [0, 0.05) is 19.6 Å². The van der Waals surface area contributed by atoms with Gasteiger partial charge in [-0.15, -0.1) is 0 Å². The number of halogens is 1. The normalized spacial score (nSPS) is 16.2. The maximum absolute atomic E-state index is 13.1. The van der Waals surface area contributed by atoms with E-state index in [0.717, 1.165) is 55.9 Å². The quantitative estimate of drug-likeness (QED) is 0.569. The lowest BCUT2D eigenvalue weighted by Gasteiger charge is -2.31. The summed E-state index contributed by atoms with van der Waals surface area (Å²) in [5.41, 5.74) is 2.16. The van der Waals surface area contributed by atoms with Crippen molar-refractivity contribution in [1.29, 1.82) is 0 Å². The Morgan fingerprint density at radius 3 is 2.53 bits per heavy atom. The minimum Gasteiger partial charge on any atom is -0.491 e. The molecule has 0 aromatic heterocycles. The molecule has 2 aromatic carbocycles. The molecule has 2 aromatic rings. The van der Waals surface area contributed by atoms with E-state index in [1.165, 1.54) is 19.2 Å². The highest BCUT2D eigenvalue weighted by molar-refractivity contribution is 5.72. The second kappa shape index (κ2) is 11.9. The Bertz CT molecular complexity index is 853. The molecule has 1 heterocycles. The van der Waals surface area contributed by atoms with E-state index in [2.05, 4.69) is 9.80 Å². The van der Waals surface area contributed by atoms with E-state index in [0.29, 0.717) is 6.54 Å². The summed E-state index contributed by atoms with van der Waals surface area (Å²) in [6, 6.07) is 14.4. The molecule has 1 saturated heterocycles. The van der Waals surface area contributed by atoms with Crippen LogP contribution in [-0.4, -0.2) is 67.4 Å². The third-order valence-electron chi connectivity index (χ3n) is 5.75. The van der Waals surface area contributed by atoms with E-state index < -0.39 is 6.10 Å². The number of nitrogens with zero attached hydrogens (tertiary/aromatic N) is 2. The molecule has 0 unspecified atom stereocenters. The predicted octanol–water partition coefficient (Wildman–Crippen LogP) is 3.08. The van der Waals surface area contributed by atoms with Crippen LogP contribution in [0.1, 0.15) is 24.0 Å². The maximum atomic E-state index is 13.1. The molecular formula is C25H33FN2O4. The summed E-state index contributed by atoms with van der Waals surface area (Å²) in [7, 11) is 3.44. The Morgan fingerprint density at radius 2 is 1.84 bits per heavy atom. The second-order valence-electron chi connectivity index (χ2n) is 8.51. The topological polar surface area (TPSA) is 62.2 Å². The van der Waals surface area contributed by atoms with Gasteiger partial charge in [0.1, 0.15) is 24.3 Å². The lowest BCUT2D eigenvalue weighted by molar-refractivity contribution is -0.147. The number of hydrogen-bond donors (Lipinski definition) is 1. The van der Waals surface area contributed by atoms with E-state index in [-0.39, 0.29) is 24.3 Å². The van der Waals surface area contributed by atoms with Gasteiger partial charge in [0.15, 0.2) is 0 Å². The van der Waals surface area contributed by atoms with Gasteiger partial charge in [-0.05, 0) is 68.4 Å². The Kier molecular flexibility index (Phi) is 9.02. The molecule has 0 saturated carbocycles. The van der Waals surface area contributed by atoms with Gasteiger partial charge in [0.05, 0.1) is 13.0 Å². The van der Waals surface area contributed by atoms with E-state index >= 15 is 0 Å². The first-order valence-corrected chi connectivity index (χ1v) is 11.1. The van der Waals surface area contributed by atoms with Crippen LogP contribution in [0.5, 0.6) is 5.75 Å². The number of methoxy groups -OCH3 is 1. The standard InChI is InChI=1S/C25H33FN2O4/c1-27(15-19-6-8-22(26)9-7-19)16-20-4-3-5-24(14-20)32-18-23(29)17-28-12-10-21(11-13-28)25(30)31-2/h3-9,14,21,23,29H,10-13,15-18H2,1-2H3/t23-/m1/s1. The fourth-order valence-electron chi connectivity index (χ4n) is 4.06. The molecule has 7 heteroatoms.